The third kappa shape index (κ3) is 4.60. The summed E-state index contributed by atoms with van der Waals surface area (Å²) in [6.45, 7) is 8.26. The van der Waals surface area contributed by atoms with Crippen LogP contribution in [-0.4, -0.2) is 63.6 Å². The second-order valence-electron chi connectivity index (χ2n) is 7.79. The lowest BCUT2D eigenvalue weighted by Crippen LogP contribution is -2.34. The number of anilines is 2. The summed E-state index contributed by atoms with van der Waals surface area (Å²) in [6, 6.07) is 7.74. The third-order valence-electron chi connectivity index (χ3n) is 5.92. The summed E-state index contributed by atoms with van der Waals surface area (Å²) < 4.78 is 7.17. The molecule has 1 aliphatic rings. The van der Waals surface area contributed by atoms with Crippen molar-refractivity contribution in [3.63, 3.8) is 0 Å². The molecule has 0 unspecified atom stereocenters. The number of amides is 1. The molecule has 32 heavy (non-hydrogen) atoms. The Labute approximate surface area is 188 Å². The van der Waals surface area contributed by atoms with Gasteiger partial charge in [0, 0.05) is 43.7 Å². The average molecular weight is 435 g/mol. The van der Waals surface area contributed by atoms with Gasteiger partial charge in [0.05, 0.1) is 7.11 Å². The molecule has 8 heteroatoms. The highest BCUT2D eigenvalue weighted by Gasteiger charge is 2.24. The number of carbonyl (C=O) groups is 1. The number of methoxy groups -OCH3 is 1. The molecule has 4 rings (SSSR count). The van der Waals surface area contributed by atoms with Gasteiger partial charge in [-0.2, -0.15) is 5.10 Å². The topological polar surface area (TPSA) is 75.0 Å². The van der Waals surface area contributed by atoms with E-state index in [0.717, 1.165) is 54.4 Å². The summed E-state index contributed by atoms with van der Waals surface area (Å²) in [5, 5.41) is 7.79. The van der Waals surface area contributed by atoms with E-state index < -0.39 is 0 Å². The molecule has 0 fully saturated rings. The van der Waals surface area contributed by atoms with Gasteiger partial charge in [0.15, 0.2) is 5.82 Å². The van der Waals surface area contributed by atoms with Gasteiger partial charge in [-0.15, -0.1) is 0 Å². The van der Waals surface area contributed by atoms with Crippen LogP contribution in [0.3, 0.4) is 0 Å². The molecule has 0 bridgehead atoms. The number of aromatic nitrogens is 3. The molecule has 1 aromatic carbocycles. The van der Waals surface area contributed by atoms with Crippen molar-refractivity contribution in [2.45, 2.75) is 26.8 Å². The lowest BCUT2D eigenvalue weighted by Gasteiger charge is -2.26. The van der Waals surface area contributed by atoms with E-state index in [4.69, 9.17) is 4.74 Å². The number of hydrogen-bond acceptors (Lipinski definition) is 6. The van der Waals surface area contributed by atoms with E-state index in [2.05, 4.69) is 34.1 Å². The molecule has 0 spiro atoms. The highest BCUT2D eigenvalue weighted by atomic mass is 16.5. The molecule has 168 valence electrons. The minimum atomic E-state index is 0.0545. The predicted molar refractivity (Wildman–Crippen MR) is 125 cm³/mol. The Morgan fingerprint density at radius 2 is 2.16 bits per heavy atom. The SMILES string of the molecule is CCN(CC)C/C=C/C(=O)N1CCc2c(cn3ncnc(Nc4cccc(OC)c4)c23)C1. The number of nitrogens with zero attached hydrogens (tertiary/aromatic N) is 5. The number of fused-ring (bicyclic) bond motifs is 3. The van der Waals surface area contributed by atoms with Crippen LogP contribution in [0.25, 0.3) is 5.52 Å². The number of benzene rings is 1. The fourth-order valence-corrected chi connectivity index (χ4v) is 4.08. The minimum Gasteiger partial charge on any atom is -0.497 e. The Morgan fingerprint density at radius 3 is 2.94 bits per heavy atom. The predicted octanol–water partition coefficient (Wildman–Crippen LogP) is 3.26. The van der Waals surface area contributed by atoms with Crippen molar-refractivity contribution in [1.82, 2.24) is 24.4 Å². The standard InChI is InChI=1S/C24H30N6O2/c1-4-28(5-2)12-7-10-22(31)29-13-11-21-18(15-29)16-30-23(21)24(25-17-26-30)27-19-8-6-9-20(14-19)32-3/h6-10,14,16-17H,4-5,11-13,15H2,1-3H3,(H,25,26,27)/b10-7+. The highest BCUT2D eigenvalue weighted by molar-refractivity contribution is 5.88. The van der Waals surface area contributed by atoms with Crippen LogP contribution in [0.5, 0.6) is 5.75 Å². The van der Waals surface area contributed by atoms with E-state index in [0.29, 0.717) is 13.1 Å². The second kappa shape index (κ2) is 9.82. The van der Waals surface area contributed by atoms with Gasteiger partial charge in [0.1, 0.15) is 17.6 Å². The van der Waals surface area contributed by atoms with Crippen molar-refractivity contribution in [2.75, 3.05) is 38.6 Å². The van der Waals surface area contributed by atoms with E-state index in [1.54, 1.807) is 19.5 Å². The molecular formula is C24H30N6O2. The average Bonchev–Trinajstić information content (AvgIpc) is 3.20. The van der Waals surface area contributed by atoms with Crippen molar-refractivity contribution < 1.29 is 9.53 Å². The Morgan fingerprint density at radius 1 is 1.31 bits per heavy atom. The van der Waals surface area contributed by atoms with Gasteiger partial charge < -0.3 is 19.9 Å². The summed E-state index contributed by atoms with van der Waals surface area (Å²) >= 11 is 0. The van der Waals surface area contributed by atoms with Gasteiger partial charge in [-0.1, -0.05) is 26.0 Å². The van der Waals surface area contributed by atoms with E-state index in [-0.39, 0.29) is 5.91 Å². The summed E-state index contributed by atoms with van der Waals surface area (Å²) in [4.78, 5) is 21.4. The molecular weight excluding hydrogens is 404 g/mol. The first-order valence-electron chi connectivity index (χ1n) is 11.1. The lowest BCUT2D eigenvalue weighted by molar-refractivity contribution is -0.126. The summed E-state index contributed by atoms with van der Waals surface area (Å²) in [5.74, 6) is 1.58. The molecule has 3 aromatic rings. The zero-order valence-electron chi connectivity index (χ0n) is 18.9. The zero-order chi connectivity index (χ0) is 22.5. The van der Waals surface area contributed by atoms with Gasteiger partial charge in [-0.05, 0) is 42.8 Å². The number of rotatable bonds is 8. The van der Waals surface area contributed by atoms with Crippen molar-refractivity contribution in [3.8, 4) is 5.75 Å². The molecule has 0 atom stereocenters. The number of nitrogens with one attached hydrogen (secondary N) is 1. The number of carbonyl (C=O) groups excluding carboxylic acids is 1. The molecule has 0 saturated carbocycles. The van der Waals surface area contributed by atoms with Crippen LogP contribution in [0.2, 0.25) is 0 Å². The van der Waals surface area contributed by atoms with E-state index in [1.807, 2.05) is 46.0 Å². The maximum absolute atomic E-state index is 12.7. The van der Waals surface area contributed by atoms with Crippen LogP contribution >= 0.6 is 0 Å². The van der Waals surface area contributed by atoms with E-state index >= 15 is 0 Å². The van der Waals surface area contributed by atoms with Crippen molar-refractivity contribution in [2.24, 2.45) is 0 Å². The fraction of sp³-hybridized carbons (Fsp3) is 0.375. The molecule has 1 N–H and O–H groups in total. The largest absolute Gasteiger partial charge is 0.497 e. The molecule has 0 saturated heterocycles. The van der Waals surface area contributed by atoms with E-state index in [9.17, 15) is 4.79 Å². The maximum Gasteiger partial charge on any atom is 0.246 e. The number of likely N-dealkylation sites (N-methyl/N-ethyl adjacent to an activating group) is 1. The van der Waals surface area contributed by atoms with Crippen LogP contribution in [0.15, 0.2) is 48.9 Å². The van der Waals surface area contributed by atoms with Gasteiger partial charge in [0.25, 0.3) is 0 Å². The Bertz CT molecular complexity index is 1120. The van der Waals surface area contributed by atoms with Crippen LogP contribution in [-0.2, 0) is 17.8 Å². The molecule has 0 aliphatic carbocycles. The first-order valence-corrected chi connectivity index (χ1v) is 11.1. The zero-order valence-corrected chi connectivity index (χ0v) is 18.9. The van der Waals surface area contributed by atoms with Gasteiger partial charge in [-0.25, -0.2) is 9.50 Å². The fourth-order valence-electron chi connectivity index (χ4n) is 4.08. The lowest BCUT2D eigenvalue weighted by atomic mass is 10.0. The molecule has 1 aliphatic heterocycles. The van der Waals surface area contributed by atoms with Crippen LogP contribution in [0.4, 0.5) is 11.5 Å². The normalized spacial score (nSPS) is 13.7. The minimum absolute atomic E-state index is 0.0545. The summed E-state index contributed by atoms with van der Waals surface area (Å²) in [6.07, 6.45) is 7.97. The first kappa shape index (κ1) is 21.8. The number of ether oxygens (including phenoxy) is 1. The van der Waals surface area contributed by atoms with Crippen LogP contribution in [0, 0.1) is 0 Å². The van der Waals surface area contributed by atoms with Crippen molar-refractivity contribution in [3.05, 3.63) is 60.1 Å². The van der Waals surface area contributed by atoms with Crippen LogP contribution in [0.1, 0.15) is 25.0 Å². The second-order valence-corrected chi connectivity index (χ2v) is 7.79. The molecule has 8 nitrogen and oxygen atoms in total. The van der Waals surface area contributed by atoms with E-state index in [1.165, 1.54) is 5.56 Å². The quantitative estimate of drug-likeness (QED) is 0.549. The molecule has 2 aromatic heterocycles. The molecule has 1 amide bonds. The molecule has 0 radical (unpaired) electrons. The van der Waals surface area contributed by atoms with Gasteiger partial charge in [-0.3, -0.25) is 4.79 Å². The Kier molecular flexibility index (Phi) is 6.70. The smallest absolute Gasteiger partial charge is 0.246 e. The number of hydrogen-bond donors (Lipinski definition) is 1. The van der Waals surface area contributed by atoms with Gasteiger partial charge >= 0.3 is 0 Å². The van der Waals surface area contributed by atoms with Crippen molar-refractivity contribution in [1.29, 1.82) is 0 Å². The Balaban J connectivity index is 1.53. The summed E-state index contributed by atoms with van der Waals surface area (Å²) in [7, 11) is 1.65. The monoisotopic (exact) mass is 434 g/mol. The molecule has 3 heterocycles. The van der Waals surface area contributed by atoms with Crippen molar-refractivity contribution >= 4 is 22.9 Å². The van der Waals surface area contributed by atoms with Crippen LogP contribution < -0.4 is 10.1 Å². The maximum atomic E-state index is 12.7. The summed E-state index contributed by atoms with van der Waals surface area (Å²) in [5.41, 5.74) is 4.14. The third-order valence-corrected chi connectivity index (χ3v) is 5.92. The Hall–Kier alpha value is -3.39. The highest BCUT2D eigenvalue weighted by Crippen LogP contribution is 2.30. The first-order chi connectivity index (χ1) is 15.6. The van der Waals surface area contributed by atoms with Gasteiger partial charge in [0.2, 0.25) is 5.91 Å².